The van der Waals surface area contributed by atoms with Gasteiger partial charge in [0.25, 0.3) is 0 Å². The van der Waals surface area contributed by atoms with Crippen molar-refractivity contribution in [1.82, 2.24) is 0 Å². The van der Waals surface area contributed by atoms with Crippen LogP contribution in [0.1, 0.15) is 11.1 Å². The van der Waals surface area contributed by atoms with Crippen molar-refractivity contribution in [2.75, 3.05) is 0 Å². The molecule has 0 amide bonds. The van der Waals surface area contributed by atoms with E-state index in [1.54, 1.807) is 19.1 Å². The third-order valence-electron chi connectivity index (χ3n) is 3.75. The molecule has 3 aromatic rings. The second kappa shape index (κ2) is 5.52. The normalized spacial score (nSPS) is 10.5. The Hall–Kier alpha value is -3.66. The number of phenolic OH excluding ortho intramolecular Hbond substituents is 1. The number of hydrogen-bond acceptors (Lipinski definition) is 6. The molecule has 2 aromatic carbocycles. The molecule has 0 spiro atoms. The molecule has 0 radical (unpaired) electrons. The van der Waals surface area contributed by atoms with Gasteiger partial charge in [-0.25, -0.2) is 0 Å². The molecule has 24 heavy (non-hydrogen) atoms. The fourth-order valence-electron chi connectivity index (χ4n) is 2.50. The molecular formula is C17H10N2O5. The standard InChI is InChI=1S/C17H10N2O5/c1-9-2-5-15-16(11(9)7-18)17(21)12(8-24-15)10-3-4-14(20)13(6-10)19(22)23/h2-6,8,20H,1H3. The minimum atomic E-state index is -0.744. The quantitative estimate of drug-likeness (QED) is 0.571. The Kier molecular flexibility index (Phi) is 3.50. The first-order valence-electron chi connectivity index (χ1n) is 6.87. The molecule has 118 valence electrons. The molecule has 0 aliphatic carbocycles. The number of nitrogens with zero attached hydrogens (tertiary/aromatic N) is 2. The van der Waals surface area contributed by atoms with Gasteiger partial charge in [-0.15, -0.1) is 0 Å². The summed E-state index contributed by atoms with van der Waals surface area (Å²) in [4.78, 5) is 23.0. The van der Waals surface area contributed by atoms with E-state index in [0.717, 1.165) is 12.1 Å². The lowest BCUT2D eigenvalue weighted by Gasteiger charge is -2.06. The van der Waals surface area contributed by atoms with Crippen LogP contribution < -0.4 is 5.43 Å². The molecule has 3 rings (SSSR count). The highest BCUT2D eigenvalue weighted by atomic mass is 16.6. The largest absolute Gasteiger partial charge is 0.502 e. The summed E-state index contributed by atoms with van der Waals surface area (Å²) < 4.78 is 5.42. The Labute approximate surface area is 135 Å². The Morgan fingerprint density at radius 2 is 2.04 bits per heavy atom. The zero-order valence-corrected chi connectivity index (χ0v) is 12.4. The molecule has 0 saturated heterocycles. The first kappa shape index (κ1) is 15.2. The summed E-state index contributed by atoms with van der Waals surface area (Å²) in [6, 6.07) is 8.86. The fourth-order valence-corrected chi connectivity index (χ4v) is 2.50. The number of hydrogen-bond donors (Lipinski definition) is 1. The number of nitro groups is 1. The third-order valence-corrected chi connectivity index (χ3v) is 3.75. The van der Waals surface area contributed by atoms with E-state index in [0.29, 0.717) is 5.56 Å². The summed E-state index contributed by atoms with van der Waals surface area (Å²) in [6.07, 6.45) is 1.19. The summed E-state index contributed by atoms with van der Waals surface area (Å²) >= 11 is 0. The predicted molar refractivity (Wildman–Crippen MR) is 85.7 cm³/mol. The Morgan fingerprint density at radius 1 is 1.29 bits per heavy atom. The number of aryl methyl sites for hydroxylation is 1. The summed E-state index contributed by atoms with van der Waals surface area (Å²) in [5.74, 6) is -0.498. The summed E-state index contributed by atoms with van der Waals surface area (Å²) in [5.41, 5.74) is 0.420. The highest BCUT2D eigenvalue weighted by Crippen LogP contribution is 2.31. The van der Waals surface area contributed by atoms with Crippen molar-refractivity contribution < 1.29 is 14.4 Å². The van der Waals surface area contributed by atoms with Crippen LogP contribution in [-0.4, -0.2) is 10.0 Å². The van der Waals surface area contributed by atoms with Crippen LogP contribution in [-0.2, 0) is 0 Å². The predicted octanol–water partition coefficient (Wildman–Crippen LogP) is 3.25. The summed E-state index contributed by atoms with van der Waals surface area (Å²) in [5, 5.41) is 29.9. The van der Waals surface area contributed by atoms with Crippen LogP contribution in [0.15, 0.2) is 45.8 Å². The van der Waals surface area contributed by atoms with Crippen LogP contribution in [0.25, 0.3) is 22.1 Å². The molecule has 0 bridgehead atoms. The zero-order valence-electron chi connectivity index (χ0n) is 12.4. The van der Waals surface area contributed by atoms with Gasteiger partial charge in [-0.05, 0) is 36.2 Å². The van der Waals surface area contributed by atoms with Crippen molar-refractivity contribution in [2.24, 2.45) is 0 Å². The molecule has 0 unspecified atom stereocenters. The van der Waals surface area contributed by atoms with Crippen molar-refractivity contribution >= 4 is 16.7 Å². The molecule has 1 aromatic heterocycles. The van der Waals surface area contributed by atoms with E-state index in [9.17, 15) is 25.3 Å². The van der Waals surface area contributed by atoms with Crippen LogP contribution in [0, 0.1) is 28.4 Å². The van der Waals surface area contributed by atoms with Crippen molar-refractivity contribution in [1.29, 1.82) is 5.26 Å². The highest BCUT2D eigenvalue weighted by molar-refractivity contribution is 5.88. The molecule has 0 atom stereocenters. The van der Waals surface area contributed by atoms with Crippen LogP contribution >= 0.6 is 0 Å². The van der Waals surface area contributed by atoms with E-state index in [-0.39, 0.29) is 27.7 Å². The lowest BCUT2D eigenvalue weighted by molar-refractivity contribution is -0.385. The first-order valence-corrected chi connectivity index (χ1v) is 6.87. The van der Waals surface area contributed by atoms with Crippen LogP contribution in [0.3, 0.4) is 0 Å². The Balaban J connectivity index is 2.35. The number of aromatic hydroxyl groups is 1. The average molecular weight is 322 g/mol. The SMILES string of the molecule is Cc1ccc2occ(-c3ccc(O)c([N+](=O)[O-])c3)c(=O)c2c1C#N. The Morgan fingerprint density at radius 3 is 2.71 bits per heavy atom. The lowest BCUT2D eigenvalue weighted by atomic mass is 10.00. The van der Waals surface area contributed by atoms with Gasteiger partial charge in [0.1, 0.15) is 17.9 Å². The molecule has 0 aliphatic heterocycles. The molecule has 1 heterocycles. The first-order chi connectivity index (χ1) is 11.4. The monoisotopic (exact) mass is 322 g/mol. The topological polar surface area (TPSA) is 117 Å². The van der Waals surface area contributed by atoms with Crippen molar-refractivity contribution in [3.05, 3.63) is 68.1 Å². The van der Waals surface area contributed by atoms with Crippen molar-refractivity contribution in [3.8, 4) is 22.9 Å². The van der Waals surface area contributed by atoms with Gasteiger partial charge in [-0.1, -0.05) is 6.07 Å². The molecule has 0 saturated carbocycles. The van der Waals surface area contributed by atoms with Crippen LogP contribution in [0.4, 0.5) is 5.69 Å². The maximum atomic E-state index is 12.8. The van der Waals surface area contributed by atoms with Gasteiger partial charge in [0.15, 0.2) is 5.75 Å². The molecule has 0 fully saturated rings. The summed E-state index contributed by atoms with van der Waals surface area (Å²) in [6.45, 7) is 1.70. The van der Waals surface area contributed by atoms with Gasteiger partial charge < -0.3 is 9.52 Å². The van der Waals surface area contributed by atoms with Gasteiger partial charge >= 0.3 is 5.69 Å². The Bertz CT molecular complexity index is 1090. The smallest absolute Gasteiger partial charge is 0.311 e. The van der Waals surface area contributed by atoms with Gasteiger partial charge in [-0.2, -0.15) is 5.26 Å². The number of phenols is 1. The van der Waals surface area contributed by atoms with Gasteiger partial charge in [0, 0.05) is 6.07 Å². The van der Waals surface area contributed by atoms with Gasteiger partial charge in [0.2, 0.25) is 5.43 Å². The molecule has 7 heteroatoms. The third kappa shape index (κ3) is 2.27. The van der Waals surface area contributed by atoms with Crippen molar-refractivity contribution in [3.63, 3.8) is 0 Å². The van der Waals surface area contributed by atoms with Crippen LogP contribution in [0.2, 0.25) is 0 Å². The maximum Gasteiger partial charge on any atom is 0.311 e. The van der Waals surface area contributed by atoms with E-state index in [4.69, 9.17) is 4.42 Å². The fraction of sp³-hybridized carbons (Fsp3) is 0.0588. The maximum absolute atomic E-state index is 12.8. The van der Waals surface area contributed by atoms with Crippen molar-refractivity contribution in [2.45, 2.75) is 6.92 Å². The van der Waals surface area contributed by atoms with E-state index in [2.05, 4.69) is 0 Å². The second-order valence-corrected chi connectivity index (χ2v) is 5.18. The molecule has 0 aliphatic rings. The lowest BCUT2D eigenvalue weighted by Crippen LogP contribution is -2.07. The van der Waals surface area contributed by atoms with Gasteiger partial charge in [-0.3, -0.25) is 14.9 Å². The van der Waals surface area contributed by atoms with E-state index in [1.165, 1.54) is 12.3 Å². The minimum Gasteiger partial charge on any atom is -0.502 e. The number of rotatable bonds is 2. The van der Waals surface area contributed by atoms with E-state index >= 15 is 0 Å². The zero-order chi connectivity index (χ0) is 17.4. The van der Waals surface area contributed by atoms with Crippen LogP contribution in [0.5, 0.6) is 5.75 Å². The average Bonchev–Trinajstić information content (AvgIpc) is 2.56. The van der Waals surface area contributed by atoms with E-state index in [1.807, 2.05) is 6.07 Å². The van der Waals surface area contributed by atoms with E-state index < -0.39 is 21.8 Å². The number of benzene rings is 2. The number of nitriles is 1. The number of fused-ring (bicyclic) bond motifs is 1. The minimum absolute atomic E-state index is 0.0766. The number of nitro benzene ring substituents is 1. The molecule has 7 nitrogen and oxygen atoms in total. The molecule has 1 N–H and O–H groups in total. The van der Waals surface area contributed by atoms with Gasteiger partial charge in [0.05, 0.1) is 21.4 Å². The second-order valence-electron chi connectivity index (χ2n) is 5.18. The molecular weight excluding hydrogens is 312 g/mol. The summed E-state index contributed by atoms with van der Waals surface area (Å²) in [7, 11) is 0. The highest BCUT2D eigenvalue weighted by Gasteiger charge is 2.18.